The van der Waals surface area contributed by atoms with E-state index in [0.717, 1.165) is 45.9 Å². The molecular formula is C29H61NO7S. The summed E-state index contributed by atoms with van der Waals surface area (Å²) < 4.78 is 29.7. The summed E-state index contributed by atoms with van der Waals surface area (Å²) in [6.45, 7) is 6.87. The summed E-state index contributed by atoms with van der Waals surface area (Å²) in [5.41, 5.74) is 0. The highest BCUT2D eigenvalue weighted by Crippen LogP contribution is 2.16. The molecule has 0 fully saturated rings. The van der Waals surface area contributed by atoms with Crippen molar-refractivity contribution in [1.82, 2.24) is 4.90 Å². The van der Waals surface area contributed by atoms with E-state index < -0.39 is 16.4 Å². The van der Waals surface area contributed by atoms with Crippen molar-refractivity contribution in [1.29, 1.82) is 0 Å². The molecule has 0 saturated carbocycles. The minimum absolute atomic E-state index is 0.264. The van der Waals surface area contributed by atoms with Crippen molar-refractivity contribution >= 4 is 16.4 Å². The third kappa shape index (κ3) is 33.3. The smallest absolute Gasteiger partial charge is 0.397 e. The van der Waals surface area contributed by atoms with E-state index in [0.29, 0.717) is 6.04 Å². The van der Waals surface area contributed by atoms with Crippen molar-refractivity contribution in [3.05, 3.63) is 0 Å². The van der Waals surface area contributed by atoms with Gasteiger partial charge in [-0.25, -0.2) is 0 Å². The number of nitrogens with zero attached hydrogens (tertiary/aromatic N) is 1. The summed E-state index contributed by atoms with van der Waals surface area (Å²) in [7, 11) is -3.29. The number of carboxylic acid groups (broad SMARTS) is 1. The lowest BCUT2D eigenvalue weighted by Crippen LogP contribution is -2.35. The third-order valence-corrected chi connectivity index (χ3v) is 7.42. The van der Waals surface area contributed by atoms with Gasteiger partial charge in [-0.15, -0.1) is 0 Å². The number of rotatable bonds is 27. The highest BCUT2D eigenvalue weighted by Gasteiger charge is 2.13. The van der Waals surface area contributed by atoms with Gasteiger partial charge in [0, 0.05) is 19.1 Å². The van der Waals surface area contributed by atoms with Gasteiger partial charge in [-0.2, -0.15) is 8.42 Å². The van der Waals surface area contributed by atoms with Crippen LogP contribution < -0.4 is 0 Å². The van der Waals surface area contributed by atoms with Gasteiger partial charge in [0.15, 0.2) is 0 Å². The molecule has 0 saturated heterocycles. The normalized spacial score (nSPS) is 12.4. The predicted octanol–water partition coefficient (Wildman–Crippen LogP) is 7.40. The maximum absolute atomic E-state index is 10.7. The van der Waals surface area contributed by atoms with Crippen LogP contribution in [0.4, 0.5) is 0 Å². The van der Waals surface area contributed by atoms with E-state index in [1.54, 1.807) is 0 Å². The van der Waals surface area contributed by atoms with Crippen LogP contribution in [-0.4, -0.2) is 66.9 Å². The molecule has 0 aliphatic rings. The van der Waals surface area contributed by atoms with Crippen LogP contribution in [0, 0.1) is 0 Å². The zero-order chi connectivity index (χ0) is 28.9. The molecule has 0 spiro atoms. The summed E-state index contributed by atoms with van der Waals surface area (Å²) in [5.74, 6) is -0.692. The van der Waals surface area contributed by atoms with Crippen molar-refractivity contribution in [3.8, 4) is 0 Å². The van der Waals surface area contributed by atoms with Crippen molar-refractivity contribution in [2.75, 3.05) is 26.8 Å². The monoisotopic (exact) mass is 567 g/mol. The van der Waals surface area contributed by atoms with Gasteiger partial charge in [-0.1, -0.05) is 103 Å². The number of aliphatic carboxylic acids is 1. The Morgan fingerprint density at radius 2 is 1.13 bits per heavy atom. The summed E-state index contributed by atoms with van der Waals surface area (Å²) in [6, 6.07) is 0.556. The molecule has 0 radical (unpaired) electrons. The van der Waals surface area contributed by atoms with E-state index in [-0.39, 0.29) is 13.0 Å². The van der Waals surface area contributed by atoms with Gasteiger partial charge in [-0.3, -0.25) is 13.5 Å². The Balaban J connectivity index is 0. The number of carbonyl (C=O) groups is 1. The Morgan fingerprint density at radius 1 is 0.737 bits per heavy atom. The molecule has 0 aromatic heterocycles. The molecule has 0 bridgehead atoms. The van der Waals surface area contributed by atoms with E-state index in [2.05, 4.69) is 22.9 Å². The molecule has 0 aliphatic carbocycles. The van der Waals surface area contributed by atoms with Crippen LogP contribution in [0.5, 0.6) is 0 Å². The van der Waals surface area contributed by atoms with Crippen LogP contribution in [0.25, 0.3) is 0 Å². The van der Waals surface area contributed by atoms with E-state index in [9.17, 15) is 13.2 Å². The average molecular weight is 568 g/mol. The second kappa shape index (κ2) is 29.2. The summed E-state index contributed by atoms with van der Waals surface area (Å²) in [5, 5.41) is 17.9. The second-order valence-corrected chi connectivity index (χ2v) is 11.7. The molecule has 1 unspecified atom stereocenters. The molecular weight excluding hydrogens is 506 g/mol. The minimum Gasteiger partial charge on any atom is -0.481 e. The molecule has 0 rings (SSSR count). The molecule has 1 atom stereocenters. The van der Waals surface area contributed by atoms with Gasteiger partial charge in [0.2, 0.25) is 0 Å². The molecule has 0 aromatic carbocycles. The number of aliphatic hydroxyl groups excluding tert-OH is 1. The Hall–Kier alpha value is -0.740. The molecule has 3 N–H and O–H groups in total. The van der Waals surface area contributed by atoms with E-state index in [1.165, 1.54) is 103 Å². The molecule has 8 nitrogen and oxygen atoms in total. The number of hydrogen-bond donors (Lipinski definition) is 3. The van der Waals surface area contributed by atoms with Crippen LogP contribution in [0.1, 0.15) is 149 Å². The first kappa shape index (κ1) is 39.4. The maximum Gasteiger partial charge on any atom is 0.397 e. The predicted molar refractivity (Wildman–Crippen MR) is 157 cm³/mol. The van der Waals surface area contributed by atoms with Gasteiger partial charge in [-0.05, 0) is 52.1 Å². The lowest BCUT2D eigenvalue weighted by Gasteiger charge is -2.29. The van der Waals surface area contributed by atoms with Crippen molar-refractivity contribution < 1.29 is 32.2 Å². The standard InChI is InChI=1S/C28H57NO3.CH4O4S/c1-3-4-5-6-7-8-9-10-11-12-13-14-15-16-17-22-27(2)29(25-20-21-26-30)24-19-18-23-28(31)32;1-5-6(2,3)4/h27,30H,3-26H2,1-2H3,(H,31,32);1H3,(H,2,3,4). The van der Waals surface area contributed by atoms with E-state index >= 15 is 0 Å². The number of unbranched alkanes of at least 4 members (excludes halogenated alkanes) is 16. The largest absolute Gasteiger partial charge is 0.481 e. The Morgan fingerprint density at radius 3 is 1.50 bits per heavy atom. The molecule has 230 valence electrons. The van der Waals surface area contributed by atoms with Crippen LogP contribution in [-0.2, 0) is 19.4 Å². The summed E-state index contributed by atoms with van der Waals surface area (Å²) >= 11 is 0. The second-order valence-electron chi connectivity index (χ2n) is 10.5. The van der Waals surface area contributed by atoms with Crippen LogP contribution in [0.3, 0.4) is 0 Å². The Bertz CT molecular complexity index is 602. The first-order valence-corrected chi connectivity index (χ1v) is 16.6. The fourth-order valence-electron chi connectivity index (χ4n) is 4.56. The fraction of sp³-hybridized carbons (Fsp3) is 0.966. The first-order valence-electron chi connectivity index (χ1n) is 15.3. The van der Waals surface area contributed by atoms with Crippen LogP contribution in [0.15, 0.2) is 0 Å². The number of aliphatic hydroxyl groups is 1. The SMILES string of the molecule is CCCCCCCCCCCCCCCCCC(C)N(CCCCO)CCCCC(=O)O.COS(=O)(=O)O. The summed E-state index contributed by atoms with van der Waals surface area (Å²) in [4.78, 5) is 13.2. The average Bonchev–Trinajstić information content (AvgIpc) is 2.87. The van der Waals surface area contributed by atoms with Crippen LogP contribution in [0.2, 0.25) is 0 Å². The zero-order valence-corrected chi connectivity index (χ0v) is 25.7. The Kier molecular flexibility index (Phi) is 30.3. The molecule has 0 aliphatic heterocycles. The van der Waals surface area contributed by atoms with Gasteiger partial charge >= 0.3 is 16.4 Å². The molecule has 0 amide bonds. The number of carboxylic acids is 1. The van der Waals surface area contributed by atoms with Gasteiger partial charge in [0.1, 0.15) is 0 Å². The Labute approximate surface area is 234 Å². The molecule has 9 heteroatoms. The molecule has 0 aromatic rings. The molecule has 38 heavy (non-hydrogen) atoms. The lowest BCUT2D eigenvalue weighted by atomic mass is 10.0. The molecule has 0 heterocycles. The lowest BCUT2D eigenvalue weighted by molar-refractivity contribution is -0.137. The van der Waals surface area contributed by atoms with Gasteiger partial charge < -0.3 is 15.1 Å². The van der Waals surface area contributed by atoms with Crippen molar-refractivity contribution in [2.45, 2.75) is 155 Å². The third-order valence-electron chi connectivity index (χ3n) is 7.00. The first-order chi connectivity index (χ1) is 18.2. The quantitative estimate of drug-likeness (QED) is 0.0692. The highest BCUT2D eigenvalue weighted by atomic mass is 32.3. The number of hydrogen-bond acceptors (Lipinski definition) is 6. The summed E-state index contributed by atoms with van der Waals surface area (Å²) in [6.07, 6.45) is 26.1. The van der Waals surface area contributed by atoms with Crippen molar-refractivity contribution in [3.63, 3.8) is 0 Å². The zero-order valence-electron chi connectivity index (χ0n) is 24.9. The fourth-order valence-corrected chi connectivity index (χ4v) is 4.56. The van der Waals surface area contributed by atoms with Crippen molar-refractivity contribution in [2.24, 2.45) is 0 Å². The van der Waals surface area contributed by atoms with Gasteiger partial charge in [0.05, 0.1) is 7.11 Å². The maximum atomic E-state index is 10.7. The van der Waals surface area contributed by atoms with E-state index in [4.69, 9.17) is 14.8 Å². The topological polar surface area (TPSA) is 124 Å². The van der Waals surface area contributed by atoms with Crippen LogP contribution >= 0.6 is 0 Å². The highest BCUT2D eigenvalue weighted by molar-refractivity contribution is 7.80. The van der Waals surface area contributed by atoms with Gasteiger partial charge in [0.25, 0.3) is 0 Å². The minimum atomic E-state index is -4.16. The van der Waals surface area contributed by atoms with E-state index in [1.807, 2.05) is 0 Å².